The summed E-state index contributed by atoms with van der Waals surface area (Å²) < 4.78 is 0. The summed E-state index contributed by atoms with van der Waals surface area (Å²) in [5.74, 6) is 0.648. The van der Waals surface area contributed by atoms with Crippen molar-refractivity contribution in [3.05, 3.63) is 36.1 Å². The summed E-state index contributed by atoms with van der Waals surface area (Å²) in [6.07, 6.45) is 10.7. The van der Waals surface area contributed by atoms with Crippen molar-refractivity contribution in [3.63, 3.8) is 0 Å². The van der Waals surface area contributed by atoms with Crippen LogP contribution < -0.4 is 5.32 Å². The molecule has 1 atom stereocenters. The first-order chi connectivity index (χ1) is 4.47. The Hall–Kier alpha value is -0.980. The number of allylic oxidation sites excluding steroid dienone is 3. The van der Waals surface area contributed by atoms with E-state index in [1.54, 1.807) is 0 Å². The van der Waals surface area contributed by atoms with Crippen molar-refractivity contribution in [2.75, 3.05) is 6.54 Å². The Morgan fingerprint density at radius 3 is 3.33 bits per heavy atom. The maximum Gasteiger partial charge on any atom is 0.0245 e. The van der Waals surface area contributed by atoms with Gasteiger partial charge in [-0.05, 0) is 5.57 Å². The van der Waals surface area contributed by atoms with Gasteiger partial charge in [0, 0.05) is 18.7 Å². The summed E-state index contributed by atoms with van der Waals surface area (Å²) in [7, 11) is 0. The third-order valence-corrected chi connectivity index (χ3v) is 1.78. The molecule has 0 aromatic carbocycles. The number of hydrogen-bond donors (Lipinski definition) is 1. The van der Waals surface area contributed by atoms with E-state index in [9.17, 15) is 0 Å². The van der Waals surface area contributed by atoms with Crippen molar-refractivity contribution in [3.8, 4) is 0 Å². The zero-order chi connectivity index (χ0) is 6.10. The molecule has 9 heavy (non-hydrogen) atoms. The molecule has 0 radical (unpaired) electrons. The molecular formula is C8H9N. The van der Waals surface area contributed by atoms with Gasteiger partial charge in [-0.15, -0.1) is 0 Å². The predicted molar refractivity (Wildman–Crippen MR) is 37.9 cm³/mol. The Labute approximate surface area is 54.8 Å². The van der Waals surface area contributed by atoms with Gasteiger partial charge in [0.25, 0.3) is 0 Å². The largest absolute Gasteiger partial charge is 0.390 e. The Morgan fingerprint density at radius 1 is 1.44 bits per heavy atom. The summed E-state index contributed by atoms with van der Waals surface area (Å²) in [6, 6.07) is 0. The quantitative estimate of drug-likeness (QED) is 0.505. The molecule has 1 aliphatic heterocycles. The molecule has 0 saturated heterocycles. The van der Waals surface area contributed by atoms with E-state index in [0.717, 1.165) is 6.54 Å². The molecule has 1 aliphatic carbocycles. The Balaban J connectivity index is 2.33. The fourth-order valence-corrected chi connectivity index (χ4v) is 1.24. The highest BCUT2D eigenvalue weighted by molar-refractivity contribution is 5.35. The minimum atomic E-state index is 0.648. The van der Waals surface area contributed by atoms with Crippen LogP contribution in [-0.2, 0) is 0 Å². The second-order valence-electron chi connectivity index (χ2n) is 2.40. The van der Waals surface area contributed by atoms with Crippen LogP contribution in [0.4, 0.5) is 0 Å². The molecule has 1 heterocycles. The molecule has 0 bridgehead atoms. The van der Waals surface area contributed by atoms with Crippen molar-refractivity contribution in [1.82, 2.24) is 5.32 Å². The second-order valence-corrected chi connectivity index (χ2v) is 2.40. The molecule has 0 amide bonds. The number of rotatable bonds is 0. The van der Waals surface area contributed by atoms with E-state index in [1.165, 1.54) is 5.57 Å². The zero-order valence-electron chi connectivity index (χ0n) is 5.17. The minimum absolute atomic E-state index is 0.648. The molecule has 1 N–H and O–H groups in total. The maximum atomic E-state index is 3.20. The highest BCUT2D eigenvalue weighted by atomic mass is 14.9. The van der Waals surface area contributed by atoms with Crippen LogP contribution in [0.15, 0.2) is 36.1 Å². The average Bonchev–Trinajstić information content (AvgIpc) is 2.33. The lowest BCUT2D eigenvalue weighted by atomic mass is 9.98. The van der Waals surface area contributed by atoms with Crippen LogP contribution in [0.2, 0.25) is 0 Å². The molecule has 0 aromatic heterocycles. The van der Waals surface area contributed by atoms with E-state index >= 15 is 0 Å². The van der Waals surface area contributed by atoms with Crippen molar-refractivity contribution in [1.29, 1.82) is 0 Å². The van der Waals surface area contributed by atoms with E-state index in [0.29, 0.717) is 5.92 Å². The van der Waals surface area contributed by atoms with Crippen LogP contribution in [0.25, 0.3) is 0 Å². The van der Waals surface area contributed by atoms with Gasteiger partial charge in [-0.3, -0.25) is 0 Å². The lowest BCUT2D eigenvalue weighted by molar-refractivity contribution is 0.770. The zero-order valence-corrected chi connectivity index (χ0v) is 5.17. The van der Waals surface area contributed by atoms with Crippen LogP contribution in [-0.4, -0.2) is 6.54 Å². The Bertz CT molecular complexity index is 196. The van der Waals surface area contributed by atoms with Crippen LogP contribution >= 0.6 is 0 Å². The van der Waals surface area contributed by atoms with Gasteiger partial charge in [-0.1, -0.05) is 24.3 Å². The molecule has 46 valence electrons. The van der Waals surface area contributed by atoms with Gasteiger partial charge in [0.05, 0.1) is 0 Å². The number of fused-ring (bicyclic) bond motifs is 1. The molecular weight excluding hydrogens is 110 g/mol. The van der Waals surface area contributed by atoms with E-state index in [1.807, 2.05) is 0 Å². The lowest BCUT2D eigenvalue weighted by Gasteiger charge is -2.06. The van der Waals surface area contributed by atoms with Gasteiger partial charge < -0.3 is 5.32 Å². The molecule has 0 saturated carbocycles. The lowest BCUT2D eigenvalue weighted by Crippen LogP contribution is -2.08. The van der Waals surface area contributed by atoms with Crippen LogP contribution in [0, 0.1) is 5.92 Å². The van der Waals surface area contributed by atoms with E-state index < -0.39 is 0 Å². The van der Waals surface area contributed by atoms with Crippen LogP contribution in [0.3, 0.4) is 0 Å². The SMILES string of the molecule is C1=CC2=CNCC2C=C1. The molecule has 1 unspecified atom stereocenters. The third kappa shape index (κ3) is 0.689. The van der Waals surface area contributed by atoms with E-state index in [-0.39, 0.29) is 0 Å². The van der Waals surface area contributed by atoms with Gasteiger partial charge in [-0.2, -0.15) is 0 Å². The van der Waals surface area contributed by atoms with Crippen LogP contribution in [0.1, 0.15) is 0 Å². The van der Waals surface area contributed by atoms with Gasteiger partial charge in [0.2, 0.25) is 0 Å². The number of nitrogens with one attached hydrogen (secondary N) is 1. The second kappa shape index (κ2) is 1.76. The van der Waals surface area contributed by atoms with E-state index in [4.69, 9.17) is 0 Å². The maximum absolute atomic E-state index is 3.20. The Kier molecular flexibility index (Phi) is 0.950. The number of hydrogen-bond acceptors (Lipinski definition) is 1. The van der Waals surface area contributed by atoms with Gasteiger partial charge in [-0.25, -0.2) is 0 Å². The summed E-state index contributed by atoms with van der Waals surface area (Å²) in [5, 5.41) is 3.20. The predicted octanol–water partition coefficient (Wildman–Crippen LogP) is 1.22. The molecule has 1 nitrogen and oxygen atoms in total. The van der Waals surface area contributed by atoms with Crippen molar-refractivity contribution >= 4 is 0 Å². The first-order valence-corrected chi connectivity index (χ1v) is 3.25. The standard InChI is InChI=1S/C8H9N/c1-2-4-8-6-9-5-7(8)3-1/h1-5,8-9H,6H2. The first kappa shape index (κ1) is 4.86. The first-order valence-electron chi connectivity index (χ1n) is 3.25. The fraction of sp³-hybridized carbons (Fsp3) is 0.250. The molecule has 1 heteroatoms. The summed E-state index contributed by atoms with van der Waals surface area (Å²) in [4.78, 5) is 0. The topological polar surface area (TPSA) is 12.0 Å². The highest BCUT2D eigenvalue weighted by Crippen LogP contribution is 2.20. The van der Waals surface area contributed by atoms with E-state index in [2.05, 4.69) is 35.8 Å². The normalized spacial score (nSPS) is 29.3. The monoisotopic (exact) mass is 119 g/mol. The van der Waals surface area contributed by atoms with Crippen molar-refractivity contribution < 1.29 is 0 Å². The summed E-state index contributed by atoms with van der Waals surface area (Å²) in [6.45, 7) is 1.08. The summed E-state index contributed by atoms with van der Waals surface area (Å²) in [5.41, 5.74) is 1.41. The highest BCUT2D eigenvalue weighted by Gasteiger charge is 2.14. The van der Waals surface area contributed by atoms with Crippen molar-refractivity contribution in [2.24, 2.45) is 5.92 Å². The molecule has 0 fully saturated rings. The average molecular weight is 119 g/mol. The molecule has 0 spiro atoms. The molecule has 2 rings (SSSR count). The molecule has 2 aliphatic rings. The van der Waals surface area contributed by atoms with Gasteiger partial charge in [0.1, 0.15) is 0 Å². The van der Waals surface area contributed by atoms with Gasteiger partial charge >= 0.3 is 0 Å². The fourth-order valence-electron chi connectivity index (χ4n) is 1.24. The van der Waals surface area contributed by atoms with Crippen LogP contribution in [0.5, 0.6) is 0 Å². The van der Waals surface area contributed by atoms with Gasteiger partial charge in [0.15, 0.2) is 0 Å². The van der Waals surface area contributed by atoms with Crippen molar-refractivity contribution in [2.45, 2.75) is 0 Å². The third-order valence-electron chi connectivity index (χ3n) is 1.78. The minimum Gasteiger partial charge on any atom is -0.390 e. The smallest absolute Gasteiger partial charge is 0.0245 e. The Morgan fingerprint density at radius 2 is 2.44 bits per heavy atom. The summed E-state index contributed by atoms with van der Waals surface area (Å²) >= 11 is 0. The molecule has 0 aromatic rings.